The Morgan fingerprint density at radius 1 is 0.760 bits per heavy atom. The number of nitrogens with zero attached hydrogens (tertiary/aromatic N) is 2. The fraction of sp³-hybridized carbons (Fsp3) is 0.0476. The average Bonchev–Trinajstić information content (AvgIpc) is 2.67. The maximum absolute atomic E-state index is 5.90. The summed E-state index contributed by atoms with van der Waals surface area (Å²) in [5, 5.41) is 2.31. The fourth-order valence-corrected chi connectivity index (χ4v) is 2.90. The van der Waals surface area contributed by atoms with Gasteiger partial charge < -0.3 is 4.74 Å². The largest absolute Gasteiger partial charge is 0.489 e. The number of halogens is 1. The van der Waals surface area contributed by atoms with Gasteiger partial charge in [-0.2, -0.15) is 0 Å². The highest BCUT2D eigenvalue weighted by Crippen LogP contribution is 2.27. The van der Waals surface area contributed by atoms with Gasteiger partial charge in [-0.1, -0.05) is 48.5 Å². The minimum absolute atomic E-state index is 0.570. The van der Waals surface area contributed by atoms with Crippen molar-refractivity contribution in [3.63, 3.8) is 0 Å². The van der Waals surface area contributed by atoms with Crippen molar-refractivity contribution in [2.24, 2.45) is 0 Å². The van der Waals surface area contributed by atoms with Crippen LogP contribution in [0, 0.1) is 0 Å². The van der Waals surface area contributed by atoms with Crippen LogP contribution in [0.5, 0.6) is 5.75 Å². The van der Waals surface area contributed by atoms with E-state index < -0.39 is 0 Å². The standard InChI is InChI=1S/C21H15BrN2O/c22-21-23-12-19(13-24-21)17-6-7-18-11-20(9-8-16(18)10-17)25-14-15-4-2-1-3-5-15/h1-13H,14H2. The summed E-state index contributed by atoms with van der Waals surface area (Å²) in [6.45, 7) is 0.570. The van der Waals surface area contributed by atoms with Crippen molar-refractivity contribution < 1.29 is 4.74 Å². The highest BCUT2D eigenvalue weighted by Gasteiger charge is 2.03. The van der Waals surface area contributed by atoms with Crippen LogP contribution in [-0.2, 0) is 6.61 Å². The van der Waals surface area contributed by atoms with Gasteiger partial charge in [0.2, 0.25) is 0 Å². The molecule has 1 aromatic heterocycles. The van der Waals surface area contributed by atoms with Gasteiger partial charge in [0.25, 0.3) is 0 Å². The molecule has 0 aliphatic rings. The molecule has 0 unspecified atom stereocenters. The van der Waals surface area contributed by atoms with Crippen molar-refractivity contribution in [1.82, 2.24) is 9.97 Å². The molecule has 0 spiro atoms. The SMILES string of the molecule is Brc1ncc(-c2ccc3cc(OCc4ccccc4)ccc3c2)cn1. The van der Waals surface area contributed by atoms with E-state index in [1.165, 1.54) is 0 Å². The van der Waals surface area contributed by atoms with E-state index in [2.05, 4.69) is 68.4 Å². The molecule has 122 valence electrons. The lowest BCUT2D eigenvalue weighted by molar-refractivity contribution is 0.306. The van der Waals surface area contributed by atoms with Crippen molar-refractivity contribution >= 4 is 26.7 Å². The molecular formula is C21H15BrN2O. The third-order valence-corrected chi connectivity index (χ3v) is 4.42. The number of aromatic nitrogens is 2. The van der Waals surface area contributed by atoms with Crippen LogP contribution in [-0.4, -0.2) is 9.97 Å². The summed E-state index contributed by atoms with van der Waals surface area (Å²) >= 11 is 3.26. The van der Waals surface area contributed by atoms with E-state index in [0.717, 1.165) is 33.2 Å². The van der Waals surface area contributed by atoms with Crippen molar-refractivity contribution in [1.29, 1.82) is 0 Å². The Kier molecular flexibility index (Phi) is 4.44. The molecule has 0 saturated carbocycles. The topological polar surface area (TPSA) is 35.0 Å². The molecule has 0 radical (unpaired) electrons. The maximum atomic E-state index is 5.90. The molecule has 0 N–H and O–H groups in total. The van der Waals surface area contributed by atoms with E-state index in [4.69, 9.17) is 4.74 Å². The average molecular weight is 391 g/mol. The molecule has 0 amide bonds. The normalized spacial score (nSPS) is 10.8. The van der Waals surface area contributed by atoms with Gasteiger partial charge in [0.05, 0.1) is 0 Å². The summed E-state index contributed by atoms with van der Waals surface area (Å²) in [6, 6.07) is 22.7. The molecule has 25 heavy (non-hydrogen) atoms. The van der Waals surface area contributed by atoms with E-state index in [0.29, 0.717) is 11.3 Å². The summed E-state index contributed by atoms with van der Waals surface area (Å²) in [7, 11) is 0. The minimum atomic E-state index is 0.570. The zero-order chi connectivity index (χ0) is 17.1. The monoisotopic (exact) mass is 390 g/mol. The molecule has 0 bridgehead atoms. The maximum Gasteiger partial charge on any atom is 0.196 e. The summed E-state index contributed by atoms with van der Waals surface area (Å²) in [6.07, 6.45) is 3.63. The number of hydrogen-bond acceptors (Lipinski definition) is 3. The smallest absolute Gasteiger partial charge is 0.196 e. The third-order valence-electron chi connectivity index (χ3n) is 4.01. The number of rotatable bonds is 4. The predicted octanol–water partition coefficient (Wildman–Crippen LogP) is 5.64. The van der Waals surface area contributed by atoms with Crippen LogP contribution in [0.15, 0.2) is 83.9 Å². The summed E-state index contributed by atoms with van der Waals surface area (Å²) in [5.74, 6) is 0.871. The molecule has 0 atom stereocenters. The first kappa shape index (κ1) is 15.8. The summed E-state index contributed by atoms with van der Waals surface area (Å²) in [4.78, 5) is 8.38. The van der Waals surface area contributed by atoms with E-state index in [9.17, 15) is 0 Å². The zero-order valence-electron chi connectivity index (χ0n) is 13.4. The lowest BCUT2D eigenvalue weighted by Crippen LogP contribution is -1.94. The van der Waals surface area contributed by atoms with Crippen LogP contribution in [0.3, 0.4) is 0 Å². The summed E-state index contributed by atoms with van der Waals surface area (Å²) in [5.41, 5.74) is 3.25. The van der Waals surface area contributed by atoms with Crippen LogP contribution < -0.4 is 4.74 Å². The molecule has 4 heteroatoms. The van der Waals surface area contributed by atoms with Gasteiger partial charge in [-0.25, -0.2) is 9.97 Å². The highest BCUT2D eigenvalue weighted by atomic mass is 79.9. The van der Waals surface area contributed by atoms with Crippen molar-refractivity contribution in [3.8, 4) is 16.9 Å². The van der Waals surface area contributed by atoms with Crippen LogP contribution in [0.1, 0.15) is 5.56 Å². The molecular weight excluding hydrogens is 376 g/mol. The van der Waals surface area contributed by atoms with Crippen LogP contribution in [0.25, 0.3) is 21.9 Å². The molecule has 0 aliphatic carbocycles. The van der Waals surface area contributed by atoms with E-state index in [1.54, 1.807) is 0 Å². The van der Waals surface area contributed by atoms with Gasteiger partial charge in [-0.15, -0.1) is 0 Å². The Morgan fingerprint density at radius 2 is 1.48 bits per heavy atom. The third kappa shape index (κ3) is 3.69. The Balaban J connectivity index is 1.57. The molecule has 4 rings (SSSR count). The quantitative estimate of drug-likeness (QED) is 0.423. The first-order chi connectivity index (χ1) is 12.3. The first-order valence-electron chi connectivity index (χ1n) is 7.96. The van der Waals surface area contributed by atoms with E-state index in [-0.39, 0.29) is 0 Å². The highest BCUT2D eigenvalue weighted by molar-refractivity contribution is 9.10. The van der Waals surface area contributed by atoms with Gasteiger partial charge >= 0.3 is 0 Å². The van der Waals surface area contributed by atoms with Crippen LogP contribution in [0.4, 0.5) is 0 Å². The lowest BCUT2D eigenvalue weighted by atomic mass is 10.0. The minimum Gasteiger partial charge on any atom is -0.489 e. The Bertz CT molecular complexity index is 1000. The van der Waals surface area contributed by atoms with Gasteiger partial charge in [0.1, 0.15) is 12.4 Å². The number of benzene rings is 3. The summed E-state index contributed by atoms with van der Waals surface area (Å²) < 4.78 is 6.50. The molecule has 0 fully saturated rings. The second-order valence-corrected chi connectivity index (χ2v) is 6.45. The Hall–Kier alpha value is -2.72. The zero-order valence-corrected chi connectivity index (χ0v) is 15.0. The van der Waals surface area contributed by atoms with Crippen LogP contribution >= 0.6 is 15.9 Å². The van der Waals surface area contributed by atoms with Crippen molar-refractivity contribution in [2.45, 2.75) is 6.61 Å². The molecule has 1 heterocycles. The van der Waals surface area contributed by atoms with Crippen molar-refractivity contribution in [3.05, 3.63) is 89.4 Å². The second kappa shape index (κ2) is 7.03. The lowest BCUT2D eigenvalue weighted by Gasteiger charge is -2.08. The Morgan fingerprint density at radius 3 is 2.28 bits per heavy atom. The van der Waals surface area contributed by atoms with Gasteiger partial charge in [-0.3, -0.25) is 0 Å². The van der Waals surface area contributed by atoms with Crippen molar-refractivity contribution in [2.75, 3.05) is 0 Å². The van der Waals surface area contributed by atoms with Gasteiger partial charge in [0, 0.05) is 18.0 Å². The molecule has 0 aliphatic heterocycles. The second-order valence-electron chi connectivity index (χ2n) is 5.74. The molecule has 3 nitrogen and oxygen atoms in total. The van der Waals surface area contributed by atoms with Gasteiger partial charge in [-0.05, 0) is 56.0 Å². The Labute approximate surface area is 154 Å². The molecule has 3 aromatic carbocycles. The first-order valence-corrected chi connectivity index (χ1v) is 8.76. The number of fused-ring (bicyclic) bond motifs is 1. The fourth-order valence-electron chi connectivity index (χ4n) is 2.70. The van der Waals surface area contributed by atoms with Gasteiger partial charge in [0.15, 0.2) is 4.73 Å². The van der Waals surface area contributed by atoms with Crippen LogP contribution in [0.2, 0.25) is 0 Å². The molecule has 4 aromatic rings. The van der Waals surface area contributed by atoms with E-state index in [1.807, 2.05) is 36.7 Å². The molecule has 0 saturated heterocycles. The number of ether oxygens (including phenoxy) is 1. The van der Waals surface area contributed by atoms with E-state index >= 15 is 0 Å². The predicted molar refractivity (Wildman–Crippen MR) is 103 cm³/mol. The number of hydrogen-bond donors (Lipinski definition) is 0.